The molecule has 0 unspecified atom stereocenters. The third-order valence-electron chi connectivity index (χ3n) is 4.40. The van der Waals surface area contributed by atoms with Crippen LogP contribution in [0.1, 0.15) is 28.5 Å². The molecule has 0 saturated carbocycles. The summed E-state index contributed by atoms with van der Waals surface area (Å²) in [6, 6.07) is 16.4. The zero-order chi connectivity index (χ0) is 17.9. The maximum Gasteiger partial charge on any atom is 0.187 e. The van der Waals surface area contributed by atoms with Gasteiger partial charge in [0.25, 0.3) is 0 Å². The number of carbonyl (C=O) groups excluding carboxylic acids is 1. The molecule has 3 aromatic rings. The number of carbonyl (C=O) groups is 1. The fourth-order valence-corrected chi connectivity index (χ4v) is 3.02. The lowest BCUT2D eigenvalue weighted by atomic mass is 9.98. The summed E-state index contributed by atoms with van der Waals surface area (Å²) in [6.45, 7) is 1.30. The number of rotatable bonds is 5. The van der Waals surface area contributed by atoms with Crippen LogP contribution in [0.5, 0.6) is 5.75 Å². The summed E-state index contributed by atoms with van der Waals surface area (Å²) in [6.07, 6.45) is 0.919. The van der Waals surface area contributed by atoms with Gasteiger partial charge in [-0.05, 0) is 36.4 Å². The number of hydrogen-bond donors (Lipinski definition) is 1. The first-order valence-electron chi connectivity index (χ1n) is 8.47. The fourth-order valence-electron chi connectivity index (χ4n) is 3.02. The lowest BCUT2D eigenvalue weighted by molar-refractivity contribution is 0.0976. The Bertz CT molecular complexity index is 933. The van der Waals surface area contributed by atoms with E-state index in [1.54, 1.807) is 24.3 Å². The molecule has 1 fully saturated rings. The number of nitriles is 1. The molecule has 1 aliphatic heterocycles. The summed E-state index contributed by atoms with van der Waals surface area (Å²) in [7, 11) is 0. The van der Waals surface area contributed by atoms with E-state index in [1.165, 1.54) is 0 Å². The van der Waals surface area contributed by atoms with Crippen LogP contribution >= 0.6 is 0 Å². The molecule has 0 spiro atoms. The van der Waals surface area contributed by atoms with E-state index in [4.69, 9.17) is 9.47 Å². The number of benzene rings is 2. The summed E-state index contributed by atoms with van der Waals surface area (Å²) in [4.78, 5) is 20.2. The van der Waals surface area contributed by atoms with E-state index in [0.29, 0.717) is 30.4 Å². The van der Waals surface area contributed by atoms with E-state index in [1.807, 2.05) is 24.3 Å². The minimum absolute atomic E-state index is 0.0546. The van der Waals surface area contributed by atoms with E-state index < -0.39 is 5.92 Å². The van der Waals surface area contributed by atoms with Gasteiger partial charge in [-0.1, -0.05) is 12.1 Å². The summed E-state index contributed by atoms with van der Waals surface area (Å²) in [5.41, 5.74) is 1.99. The highest BCUT2D eigenvalue weighted by Gasteiger charge is 2.25. The van der Waals surface area contributed by atoms with E-state index in [-0.39, 0.29) is 11.9 Å². The third kappa shape index (κ3) is 3.17. The van der Waals surface area contributed by atoms with Crippen molar-refractivity contribution in [3.63, 3.8) is 0 Å². The lowest BCUT2D eigenvalue weighted by Gasteiger charge is -2.12. The number of nitrogens with one attached hydrogen (secondary N) is 1. The number of para-hydroxylation sites is 2. The van der Waals surface area contributed by atoms with Crippen molar-refractivity contribution in [2.45, 2.75) is 18.4 Å². The minimum atomic E-state index is -0.975. The van der Waals surface area contributed by atoms with Crippen molar-refractivity contribution in [2.24, 2.45) is 0 Å². The number of aromatic amines is 1. The summed E-state index contributed by atoms with van der Waals surface area (Å²) >= 11 is 0. The van der Waals surface area contributed by atoms with E-state index in [2.05, 4.69) is 16.0 Å². The molecular formula is C20H17N3O3. The normalized spacial score (nSPS) is 17.7. The number of fused-ring (bicyclic) bond motifs is 1. The molecular weight excluding hydrogens is 330 g/mol. The second-order valence-corrected chi connectivity index (χ2v) is 6.19. The number of imidazole rings is 1. The highest BCUT2D eigenvalue weighted by Crippen LogP contribution is 2.23. The van der Waals surface area contributed by atoms with Gasteiger partial charge >= 0.3 is 0 Å². The van der Waals surface area contributed by atoms with Crippen LogP contribution in [0, 0.1) is 11.3 Å². The Hall–Kier alpha value is -3.17. The molecule has 130 valence electrons. The van der Waals surface area contributed by atoms with Crippen molar-refractivity contribution in [2.75, 3.05) is 13.2 Å². The first-order chi connectivity index (χ1) is 12.7. The minimum Gasteiger partial charge on any atom is -0.488 e. The van der Waals surface area contributed by atoms with Crippen LogP contribution in [0.15, 0.2) is 48.5 Å². The van der Waals surface area contributed by atoms with Gasteiger partial charge in [0.1, 0.15) is 17.7 Å². The van der Waals surface area contributed by atoms with Gasteiger partial charge in [-0.2, -0.15) is 5.26 Å². The molecule has 0 bridgehead atoms. The number of ether oxygens (including phenoxy) is 2. The Labute approximate surface area is 150 Å². The molecule has 2 aromatic carbocycles. The van der Waals surface area contributed by atoms with Gasteiger partial charge in [0.05, 0.1) is 30.3 Å². The molecule has 0 radical (unpaired) electrons. The average Bonchev–Trinajstić information content (AvgIpc) is 3.32. The topological polar surface area (TPSA) is 88.0 Å². The number of H-pyrrole nitrogens is 1. The molecule has 0 amide bonds. The standard InChI is InChI=1S/C20H17N3O3/c21-11-16(20-22-17-3-1-2-4-18(17)23-20)19(24)13-5-7-14(8-6-13)26-15-9-10-25-12-15/h1-8,15-16H,9-10,12H2,(H,22,23)/t15-,16-/m1/s1. The lowest BCUT2D eigenvalue weighted by Crippen LogP contribution is -2.16. The Kier molecular flexibility index (Phi) is 4.38. The number of aromatic nitrogens is 2. The number of Topliss-reactive ketones (excluding diaryl/α,β-unsaturated/α-hetero) is 1. The summed E-state index contributed by atoms with van der Waals surface area (Å²) in [5, 5.41) is 9.51. The molecule has 4 rings (SSSR count). The third-order valence-corrected chi connectivity index (χ3v) is 4.40. The smallest absolute Gasteiger partial charge is 0.187 e. The van der Waals surface area contributed by atoms with Crippen molar-refractivity contribution in [1.82, 2.24) is 9.97 Å². The van der Waals surface area contributed by atoms with Gasteiger partial charge < -0.3 is 14.5 Å². The van der Waals surface area contributed by atoms with Gasteiger partial charge in [0.2, 0.25) is 0 Å². The van der Waals surface area contributed by atoms with Crippen LogP contribution < -0.4 is 4.74 Å². The largest absolute Gasteiger partial charge is 0.488 e. The Balaban J connectivity index is 1.54. The second-order valence-electron chi connectivity index (χ2n) is 6.19. The van der Waals surface area contributed by atoms with Gasteiger partial charge in [-0.3, -0.25) is 4.79 Å². The van der Waals surface area contributed by atoms with Gasteiger partial charge in [0, 0.05) is 12.0 Å². The van der Waals surface area contributed by atoms with Gasteiger partial charge in [-0.15, -0.1) is 0 Å². The summed E-state index contributed by atoms with van der Waals surface area (Å²) < 4.78 is 11.1. The highest BCUT2D eigenvalue weighted by atomic mass is 16.5. The van der Waals surface area contributed by atoms with E-state index >= 15 is 0 Å². The molecule has 2 atom stereocenters. The molecule has 6 nitrogen and oxygen atoms in total. The molecule has 0 aliphatic carbocycles. The van der Waals surface area contributed by atoms with E-state index in [0.717, 1.165) is 17.5 Å². The number of hydrogen-bond acceptors (Lipinski definition) is 5. The molecule has 1 aromatic heterocycles. The van der Waals surface area contributed by atoms with Crippen molar-refractivity contribution < 1.29 is 14.3 Å². The predicted molar refractivity (Wildman–Crippen MR) is 95.1 cm³/mol. The Morgan fingerprint density at radius 2 is 2.08 bits per heavy atom. The van der Waals surface area contributed by atoms with Crippen molar-refractivity contribution in [3.05, 3.63) is 59.9 Å². The summed E-state index contributed by atoms with van der Waals surface area (Å²) in [5.74, 6) is -0.212. The molecule has 6 heteroatoms. The maximum atomic E-state index is 12.8. The van der Waals surface area contributed by atoms with Crippen molar-refractivity contribution in [3.8, 4) is 11.8 Å². The fraction of sp³-hybridized carbons (Fsp3) is 0.250. The Morgan fingerprint density at radius 1 is 1.27 bits per heavy atom. The highest BCUT2D eigenvalue weighted by molar-refractivity contribution is 6.02. The average molecular weight is 347 g/mol. The first kappa shape index (κ1) is 16.3. The molecule has 26 heavy (non-hydrogen) atoms. The van der Waals surface area contributed by atoms with E-state index in [9.17, 15) is 10.1 Å². The van der Waals surface area contributed by atoms with Crippen LogP contribution in [-0.2, 0) is 4.74 Å². The zero-order valence-electron chi connectivity index (χ0n) is 14.0. The molecule has 1 aliphatic rings. The van der Waals surface area contributed by atoms with Crippen LogP contribution in [0.2, 0.25) is 0 Å². The zero-order valence-corrected chi connectivity index (χ0v) is 14.0. The van der Waals surface area contributed by atoms with Gasteiger partial charge in [-0.25, -0.2) is 4.98 Å². The van der Waals surface area contributed by atoms with Crippen LogP contribution in [0.3, 0.4) is 0 Å². The quantitative estimate of drug-likeness (QED) is 0.716. The monoisotopic (exact) mass is 347 g/mol. The van der Waals surface area contributed by atoms with Crippen molar-refractivity contribution >= 4 is 16.8 Å². The molecule has 1 N–H and O–H groups in total. The SMILES string of the molecule is N#C[C@H](C(=O)c1ccc(O[C@@H]2CCOC2)cc1)c1nc2ccccc2[nH]1. The first-order valence-corrected chi connectivity index (χ1v) is 8.47. The van der Waals surface area contributed by atoms with Crippen LogP contribution in [-0.4, -0.2) is 35.1 Å². The number of nitrogens with zero attached hydrogens (tertiary/aromatic N) is 2. The van der Waals surface area contributed by atoms with Crippen molar-refractivity contribution in [1.29, 1.82) is 5.26 Å². The second kappa shape index (κ2) is 6.98. The molecule has 1 saturated heterocycles. The molecule has 2 heterocycles. The number of ketones is 1. The predicted octanol–water partition coefficient (Wildman–Crippen LogP) is 3.22. The Morgan fingerprint density at radius 3 is 2.77 bits per heavy atom. The van der Waals surface area contributed by atoms with Crippen LogP contribution in [0.25, 0.3) is 11.0 Å². The maximum absolute atomic E-state index is 12.8. The van der Waals surface area contributed by atoms with Crippen LogP contribution in [0.4, 0.5) is 0 Å². The van der Waals surface area contributed by atoms with Gasteiger partial charge in [0.15, 0.2) is 11.7 Å².